The van der Waals surface area contributed by atoms with E-state index in [9.17, 15) is 0 Å². The molecule has 0 radical (unpaired) electrons. The van der Waals surface area contributed by atoms with Crippen LogP contribution in [-0.2, 0) is 0 Å². The molecule has 0 atom stereocenters. The van der Waals surface area contributed by atoms with Crippen LogP contribution in [-0.4, -0.2) is 37.0 Å². The minimum absolute atomic E-state index is 0.642. The Bertz CT molecular complexity index is 378. The second kappa shape index (κ2) is 7.98. The van der Waals surface area contributed by atoms with Crippen molar-refractivity contribution in [3.63, 3.8) is 0 Å². The highest BCUT2D eigenvalue weighted by molar-refractivity contribution is 6.32. The first-order chi connectivity index (χ1) is 9.29. The molecule has 1 aromatic rings. The zero-order valence-electron chi connectivity index (χ0n) is 11.2. The lowest BCUT2D eigenvalue weighted by molar-refractivity contribution is 0.142. The normalized spacial score (nSPS) is 17.6. The summed E-state index contributed by atoms with van der Waals surface area (Å²) in [6, 6.07) is 7.67. The standard InChI is InChI=1S/C15H21Cl2NO/c16-8-3-9-18-10-6-13(7-11-18)12-19-15-5-2-1-4-14(15)17/h1-2,4-5,13H,3,6-12H2. The molecule has 2 rings (SSSR count). The van der Waals surface area contributed by atoms with Crippen molar-refractivity contribution < 1.29 is 4.74 Å². The van der Waals surface area contributed by atoms with Crippen LogP contribution in [0.1, 0.15) is 19.3 Å². The van der Waals surface area contributed by atoms with Gasteiger partial charge in [-0.2, -0.15) is 0 Å². The van der Waals surface area contributed by atoms with Gasteiger partial charge < -0.3 is 9.64 Å². The quantitative estimate of drug-likeness (QED) is 0.735. The molecule has 1 aliphatic heterocycles. The maximum absolute atomic E-state index is 6.08. The minimum atomic E-state index is 0.642. The molecule has 1 aromatic carbocycles. The second-order valence-electron chi connectivity index (χ2n) is 5.07. The number of hydrogen-bond acceptors (Lipinski definition) is 2. The molecular formula is C15H21Cl2NO. The van der Waals surface area contributed by atoms with Crippen molar-refractivity contribution in [2.75, 3.05) is 32.1 Å². The van der Waals surface area contributed by atoms with Crippen molar-refractivity contribution in [2.45, 2.75) is 19.3 Å². The molecule has 0 amide bonds. The van der Waals surface area contributed by atoms with E-state index < -0.39 is 0 Å². The summed E-state index contributed by atoms with van der Waals surface area (Å²) in [7, 11) is 0. The van der Waals surface area contributed by atoms with Crippen molar-refractivity contribution in [3.8, 4) is 5.75 Å². The molecule has 0 bridgehead atoms. The molecule has 0 spiro atoms. The lowest BCUT2D eigenvalue weighted by atomic mass is 9.98. The lowest BCUT2D eigenvalue weighted by Gasteiger charge is -2.31. The molecule has 1 fully saturated rings. The molecule has 0 aromatic heterocycles. The number of para-hydroxylation sites is 1. The van der Waals surface area contributed by atoms with E-state index in [0.29, 0.717) is 10.9 Å². The van der Waals surface area contributed by atoms with Crippen molar-refractivity contribution >= 4 is 23.2 Å². The zero-order valence-corrected chi connectivity index (χ0v) is 12.7. The molecule has 1 aliphatic rings. The molecule has 4 heteroatoms. The molecular weight excluding hydrogens is 281 g/mol. The number of alkyl halides is 1. The number of benzene rings is 1. The number of halogens is 2. The molecule has 106 valence electrons. The van der Waals surface area contributed by atoms with Crippen LogP contribution < -0.4 is 4.74 Å². The van der Waals surface area contributed by atoms with Crippen molar-refractivity contribution in [1.29, 1.82) is 0 Å². The Hall–Kier alpha value is -0.440. The number of piperidine rings is 1. The van der Waals surface area contributed by atoms with Gasteiger partial charge in [-0.15, -0.1) is 11.6 Å². The van der Waals surface area contributed by atoms with Crippen LogP contribution in [0.4, 0.5) is 0 Å². The number of likely N-dealkylation sites (tertiary alicyclic amines) is 1. The molecule has 0 aliphatic carbocycles. The Morgan fingerprint density at radius 3 is 2.63 bits per heavy atom. The largest absolute Gasteiger partial charge is 0.492 e. The first kappa shape index (κ1) is 15.0. The van der Waals surface area contributed by atoms with Gasteiger partial charge in [0, 0.05) is 5.88 Å². The molecule has 1 saturated heterocycles. The fraction of sp³-hybridized carbons (Fsp3) is 0.600. The van der Waals surface area contributed by atoms with E-state index in [-0.39, 0.29) is 0 Å². The predicted octanol–water partition coefficient (Wildman–Crippen LogP) is 4.06. The highest BCUT2D eigenvalue weighted by Crippen LogP contribution is 2.25. The zero-order chi connectivity index (χ0) is 13.5. The number of ether oxygens (including phenoxy) is 1. The minimum Gasteiger partial charge on any atom is -0.492 e. The summed E-state index contributed by atoms with van der Waals surface area (Å²) in [6.07, 6.45) is 3.49. The molecule has 19 heavy (non-hydrogen) atoms. The molecule has 2 nitrogen and oxygen atoms in total. The smallest absolute Gasteiger partial charge is 0.137 e. The third-order valence-electron chi connectivity index (χ3n) is 3.63. The van der Waals surface area contributed by atoms with E-state index in [1.165, 1.54) is 12.8 Å². The van der Waals surface area contributed by atoms with Gasteiger partial charge in [0.05, 0.1) is 11.6 Å². The average molecular weight is 302 g/mol. The van der Waals surface area contributed by atoms with Crippen LogP contribution in [0.2, 0.25) is 5.02 Å². The van der Waals surface area contributed by atoms with Gasteiger partial charge in [-0.1, -0.05) is 23.7 Å². The Labute approximate surface area is 125 Å². The van der Waals surface area contributed by atoms with E-state index >= 15 is 0 Å². The summed E-state index contributed by atoms with van der Waals surface area (Å²) in [6.45, 7) is 4.22. The van der Waals surface area contributed by atoms with Gasteiger partial charge in [0.1, 0.15) is 5.75 Å². The average Bonchev–Trinajstić information content (AvgIpc) is 2.45. The van der Waals surface area contributed by atoms with Crippen LogP contribution >= 0.6 is 23.2 Å². The van der Waals surface area contributed by atoms with Crippen molar-refractivity contribution in [1.82, 2.24) is 4.90 Å². The number of hydrogen-bond donors (Lipinski definition) is 0. The predicted molar refractivity (Wildman–Crippen MR) is 81.4 cm³/mol. The topological polar surface area (TPSA) is 12.5 Å². The van der Waals surface area contributed by atoms with Gasteiger partial charge in [0.15, 0.2) is 0 Å². The molecule has 1 heterocycles. The Morgan fingerprint density at radius 2 is 1.95 bits per heavy atom. The van der Waals surface area contributed by atoms with Gasteiger partial charge in [-0.05, 0) is 56.9 Å². The SMILES string of the molecule is ClCCCN1CCC(COc2ccccc2Cl)CC1. The number of rotatable bonds is 6. The van der Waals surface area contributed by atoms with Crippen LogP contribution in [0.3, 0.4) is 0 Å². The Balaban J connectivity index is 1.70. The van der Waals surface area contributed by atoms with Crippen LogP contribution in [0.25, 0.3) is 0 Å². The van der Waals surface area contributed by atoms with Gasteiger partial charge >= 0.3 is 0 Å². The van der Waals surface area contributed by atoms with Crippen molar-refractivity contribution in [3.05, 3.63) is 29.3 Å². The van der Waals surface area contributed by atoms with Crippen LogP contribution in [0, 0.1) is 5.92 Å². The third kappa shape index (κ3) is 4.87. The van der Waals surface area contributed by atoms with E-state index in [2.05, 4.69) is 4.90 Å². The van der Waals surface area contributed by atoms with Gasteiger partial charge in [0.25, 0.3) is 0 Å². The molecule has 0 N–H and O–H groups in total. The van der Waals surface area contributed by atoms with E-state index in [1.807, 2.05) is 24.3 Å². The maximum Gasteiger partial charge on any atom is 0.137 e. The highest BCUT2D eigenvalue weighted by atomic mass is 35.5. The van der Waals surface area contributed by atoms with E-state index in [1.54, 1.807) is 0 Å². The highest BCUT2D eigenvalue weighted by Gasteiger charge is 2.19. The summed E-state index contributed by atoms with van der Waals surface area (Å²) in [5.41, 5.74) is 0. The number of nitrogens with zero attached hydrogens (tertiary/aromatic N) is 1. The van der Waals surface area contributed by atoms with Gasteiger partial charge in [0.2, 0.25) is 0 Å². The van der Waals surface area contributed by atoms with Gasteiger partial charge in [-0.25, -0.2) is 0 Å². The maximum atomic E-state index is 6.08. The monoisotopic (exact) mass is 301 g/mol. The van der Waals surface area contributed by atoms with Crippen LogP contribution in [0.5, 0.6) is 5.75 Å². The van der Waals surface area contributed by atoms with Crippen molar-refractivity contribution in [2.24, 2.45) is 5.92 Å². The summed E-state index contributed by atoms with van der Waals surface area (Å²) in [5, 5.41) is 0.696. The Morgan fingerprint density at radius 1 is 1.21 bits per heavy atom. The van der Waals surface area contributed by atoms with E-state index in [4.69, 9.17) is 27.9 Å². The first-order valence-electron chi connectivity index (χ1n) is 6.95. The first-order valence-corrected chi connectivity index (χ1v) is 7.86. The summed E-state index contributed by atoms with van der Waals surface area (Å²) >= 11 is 11.8. The summed E-state index contributed by atoms with van der Waals surface area (Å²) in [4.78, 5) is 2.49. The third-order valence-corrected chi connectivity index (χ3v) is 4.21. The molecule has 0 unspecified atom stereocenters. The van der Waals surface area contributed by atoms with Gasteiger partial charge in [-0.3, -0.25) is 0 Å². The molecule has 0 saturated carbocycles. The summed E-state index contributed by atoms with van der Waals surface area (Å²) in [5.74, 6) is 2.20. The lowest BCUT2D eigenvalue weighted by Crippen LogP contribution is -2.36. The second-order valence-corrected chi connectivity index (χ2v) is 5.85. The fourth-order valence-electron chi connectivity index (χ4n) is 2.43. The fourth-order valence-corrected chi connectivity index (χ4v) is 2.74. The van der Waals surface area contributed by atoms with Crippen LogP contribution in [0.15, 0.2) is 24.3 Å². The summed E-state index contributed by atoms with van der Waals surface area (Å²) < 4.78 is 5.82. The Kier molecular flexibility index (Phi) is 6.29. The van der Waals surface area contributed by atoms with E-state index in [0.717, 1.165) is 44.3 Å².